The van der Waals surface area contributed by atoms with Crippen molar-refractivity contribution in [2.24, 2.45) is 0 Å². The number of carbonyl (C=O) groups excluding carboxylic acids is 1. The lowest BCUT2D eigenvalue weighted by Gasteiger charge is -2.35. The number of carbonyl (C=O) groups is 1. The Balaban J connectivity index is 2.73. The summed E-state index contributed by atoms with van der Waals surface area (Å²) in [7, 11) is 2.81. The molecule has 9 nitrogen and oxygen atoms in total. The van der Waals surface area contributed by atoms with Crippen LogP contribution in [0.25, 0.3) is 0 Å². The standard InChI is InChI=1S/C13H14N4O5/c1-8-11(17(21)22)12(15(3)13(18)14(8)2)9-6-4-5-7-10(9)16(19)20/h4-7,12H,1-3H3. The zero-order chi connectivity index (χ0) is 16.6. The monoisotopic (exact) mass is 306 g/mol. The van der Waals surface area contributed by atoms with Crippen LogP contribution in [0.2, 0.25) is 0 Å². The zero-order valence-corrected chi connectivity index (χ0v) is 12.2. The Morgan fingerprint density at radius 2 is 1.68 bits per heavy atom. The van der Waals surface area contributed by atoms with Crippen LogP contribution in [0.1, 0.15) is 18.5 Å². The molecule has 0 bridgehead atoms. The van der Waals surface area contributed by atoms with Gasteiger partial charge in [-0.25, -0.2) is 4.79 Å². The molecule has 0 radical (unpaired) electrons. The van der Waals surface area contributed by atoms with Gasteiger partial charge in [0.2, 0.25) is 0 Å². The summed E-state index contributed by atoms with van der Waals surface area (Å²) in [6, 6.07) is 4.13. The van der Waals surface area contributed by atoms with Crippen molar-refractivity contribution in [2.45, 2.75) is 13.0 Å². The fourth-order valence-corrected chi connectivity index (χ4v) is 2.52. The van der Waals surface area contributed by atoms with Crippen LogP contribution in [-0.2, 0) is 0 Å². The molecule has 0 aliphatic carbocycles. The maximum Gasteiger partial charge on any atom is 0.324 e. The summed E-state index contributed by atoms with van der Waals surface area (Å²) in [6.07, 6.45) is 0. The van der Waals surface area contributed by atoms with Crippen LogP contribution < -0.4 is 0 Å². The van der Waals surface area contributed by atoms with E-state index in [0.717, 1.165) is 9.80 Å². The Morgan fingerprint density at radius 1 is 1.09 bits per heavy atom. The van der Waals surface area contributed by atoms with Crippen molar-refractivity contribution in [3.63, 3.8) is 0 Å². The number of nitro groups is 2. The number of nitrogens with zero attached hydrogens (tertiary/aromatic N) is 4. The van der Waals surface area contributed by atoms with Gasteiger partial charge in [0.05, 0.1) is 21.1 Å². The van der Waals surface area contributed by atoms with Gasteiger partial charge in [0.15, 0.2) is 6.04 Å². The Bertz CT molecular complexity index is 699. The first-order valence-electron chi connectivity index (χ1n) is 6.36. The second kappa shape index (κ2) is 5.43. The van der Waals surface area contributed by atoms with Crippen molar-refractivity contribution in [1.29, 1.82) is 0 Å². The lowest BCUT2D eigenvalue weighted by Crippen LogP contribution is -2.47. The highest BCUT2D eigenvalue weighted by Gasteiger charge is 2.44. The van der Waals surface area contributed by atoms with Gasteiger partial charge in [0, 0.05) is 20.2 Å². The minimum atomic E-state index is -1.11. The van der Waals surface area contributed by atoms with Crippen LogP contribution in [0.4, 0.5) is 10.5 Å². The molecule has 1 aromatic carbocycles. The van der Waals surface area contributed by atoms with Crippen LogP contribution in [-0.4, -0.2) is 39.8 Å². The molecule has 9 heteroatoms. The molecule has 2 rings (SSSR count). The lowest BCUT2D eigenvalue weighted by atomic mass is 9.97. The Hall–Kier alpha value is -2.97. The maximum atomic E-state index is 12.2. The van der Waals surface area contributed by atoms with Crippen molar-refractivity contribution in [1.82, 2.24) is 9.80 Å². The highest BCUT2D eigenvalue weighted by molar-refractivity contribution is 5.78. The molecule has 1 aliphatic heterocycles. The van der Waals surface area contributed by atoms with E-state index in [0.29, 0.717) is 0 Å². The highest BCUT2D eigenvalue weighted by atomic mass is 16.6. The number of allylic oxidation sites excluding steroid dienone is 1. The largest absolute Gasteiger partial charge is 0.324 e. The fourth-order valence-electron chi connectivity index (χ4n) is 2.52. The molecule has 1 atom stereocenters. The van der Waals surface area contributed by atoms with E-state index in [9.17, 15) is 25.0 Å². The second-order valence-electron chi connectivity index (χ2n) is 4.90. The first-order valence-corrected chi connectivity index (χ1v) is 6.36. The summed E-state index contributed by atoms with van der Waals surface area (Å²) >= 11 is 0. The number of likely N-dealkylation sites (N-methyl/N-ethyl adjacent to an activating group) is 1. The number of urea groups is 1. The van der Waals surface area contributed by atoms with Crippen molar-refractivity contribution >= 4 is 11.7 Å². The summed E-state index contributed by atoms with van der Waals surface area (Å²) in [5.74, 6) is 0. The van der Waals surface area contributed by atoms with E-state index in [1.807, 2.05) is 0 Å². The summed E-state index contributed by atoms with van der Waals surface area (Å²) in [4.78, 5) is 35.9. The van der Waals surface area contributed by atoms with Crippen LogP contribution in [0, 0.1) is 20.2 Å². The zero-order valence-electron chi connectivity index (χ0n) is 12.2. The summed E-state index contributed by atoms with van der Waals surface area (Å²) in [5.41, 5.74) is -0.235. The van der Waals surface area contributed by atoms with E-state index >= 15 is 0 Å². The minimum absolute atomic E-state index is 0.113. The molecular weight excluding hydrogens is 292 g/mol. The molecular formula is C13H14N4O5. The fraction of sp³-hybridized carbons (Fsp3) is 0.308. The van der Waals surface area contributed by atoms with Gasteiger partial charge < -0.3 is 4.90 Å². The van der Waals surface area contributed by atoms with Gasteiger partial charge in [0.1, 0.15) is 0 Å². The first kappa shape index (κ1) is 15.4. The molecule has 1 aromatic rings. The van der Waals surface area contributed by atoms with Gasteiger partial charge in [-0.05, 0) is 13.0 Å². The molecule has 0 spiro atoms. The van der Waals surface area contributed by atoms with Gasteiger partial charge in [-0.1, -0.05) is 12.1 Å². The number of amides is 2. The molecule has 1 heterocycles. The minimum Gasteiger partial charge on any atom is -0.310 e. The number of nitro benzene ring substituents is 1. The van der Waals surface area contributed by atoms with Crippen molar-refractivity contribution in [3.05, 3.63) is 61.5 Å². The van der Waals surface area contributed by atoms with Gasteiger partial charge in [0.25, 0.3) is 11.4 Å². The summed E-state index contributed by atoms with van der Waals surface area (Å²) in [5, 5.41) is 22.6. The van der Waals surface area contributed by atoms with E-state index in [4.69, 9.17) is 0 Å². The van der Waals surface area contributed by atoms with Gasteiger partial charge in [-0.3, -0.25) is 25.1 Å². The highest BCUT2D eigenvalue weighted by Crippen LogP contribution is 2.39. The average Bonchev–Trinajstić information content (AvgIpc) is 2.48. The van der Waals surface area contributed by atoms with E-state index in [-0.39, 0.29) is 22.6 Å². The molecule has 1 unspecified atom stereocenters. The van der Waals surface area contributed by atoms with Crippen molar-refractivity contribution in [3.8, 4) is 0 Å². The maximum absolute atomic E-state index is 12.2. The van der Waals surface area contributed by atoms with Gasteiger partial charge in [-0.15, -0.1) is 0 Å². The van der Waals surface area contributed by atoms with Crippen LogP contribution in [0.3, 0.4) is 0 Å². The first-order chi connectivity index (χ1) is 10.3. The summed E-state index contributed by atoms with van der Waals surface area (Å²) < 4.78 is 0. The molecule has 0 saturated heterocycles. The quantitative estimate of drug-likeness (QED) is 0.627. The van der Waals surface area contributed by atoms with Crippen molar-refractivity contribution in [2.75, 3.05) is 14.1 Å². The van der Waals surface area contributed by atoms with E-state index in [1.165, 1.54) is 39.2 Å². The predicted molar refractivity (Wildman–Crippen MR) is 76.5 cm³/mol. The number of benzene rings is 1. The molecule has 2 amide bonds. The van der Waals surface area contributed by atoms with E-state index in [1.54, 1.807) is 6.07 Å². The second-order valence-corrected chi connectivity index (χ2v) is 4.90. The third-order valence-electron chi connectivity index (χ3n) is 3.73. The van der Waals surface area contributed by atoms with Gasteiger partial charge >= 0.3 is 6.03 Å². The van der Waals surface area contributed by atoms with E-state index < -0.39 is 21.9 Å². The third kappa shape index (κ3) is 2.26. The molecule has 22 heavy (non-hydrogen) atoms. The molecule has 0 fully saturated rings. The van der Waals surface area contributed by atoms with Crippen LogP contribution in [0.5, 0.6) is 0 Å². The number of hydrogen-bond acceptors (Lipinski definition) is 5. The molecule has 1 aliphatic rings. The normalized spacial score (nSPS) is 18.7. The Morgan fingerprint density at radius 3 is 2.23 bits per heavy atom. The summed E-state index contributed by atoms with van der Waals surface area (Å²) in [6.45, 7) is 1.45. The molecule has 0 N–H and O–H groups in total. The van der Waals surface area contributed by atoms with Crippen LogP contribution >= 0.6 is 0 Å². The molecule has 0 saturated carbocycles. The Labute approximate surface area is 125 Å². The van der Waals surface area contributed by atoms with Crippen molar-refractivity contribution < 1.29 is 14.6 Å². The van der Waals surface area contributed by atoms with E-state index in [2.05, 4.69) is 0 Å². The topological polar surface area (TPSA) is 110 Å². The predicted octanol–water partition coefficient (Wildman–Crippen LogP) is 2.14. The molecule has 0 aromatic heterocycles. The Kier molecular flexibility index (Phi) is 3.81. The smallest absolute Gasteiger partial charge is 0.310 e. The number of rotatable bonds is 3. The average molecular weight is 306 g/mol. The SMILES string of the molecule is CC1=C([N+](=O)[O-])C(c2ccccc2[N+](=O)[O-])N(C)C(=O)N1C. The lowest BCUT2D eigenvalue weighted by molar-refractivity contribution is -0.437. The molecule has 116 valence electrons. The number of hydrogen-bond donors (Lipinski definition) is 0. The van der Waals surface area contributed by atoms with Gasteiger partial charge in [-0.2, -0.15) is 0 Å². The third-order valence-corrected chi connectivity index (χ3v) is 3.73. The van der Waals surface area contributed by atoms with Crippen LogP contribution in [0.15, 0.2) is 35.7 Å². The number of para-hydroxylation sites is 1.